The summed E-state index contributed by atoms with van der Waals surface area (Å²) in [5.41, 5.74) is -0.731. The lowest BCUT2D eigenvalue weighted by atomic mass is 9.88. The molecule has 3 fully saturated rings. The highest BCUT2D eigenvalue weighted by Gasteiger charge is 2.52. The highest BCUT2D eigenvalue weighted by molar-refractivity contribution is 5.79. The van der Waals surface area contributed by atoms with Gasteiger partial charge in [0.25, 0.3) is 0 Å². The molecule has 0 unspecified atom stereocenters. The first-order valence-electron chi connectivity index (χ1n) is 8.55. The first-order valence-corrected chi connectivity index (χ1v) is 8.55. The van der Waals surface area contributed by atoms with E-state index in [1.165, 1.54) is 0 Å². The van der Waals surface area contributed by atoms with E-state index < -0.39 is 5.60 Å². The standard InChI is InChI=1S/C17H28N2O4/c1-15(2,3)23-14(21)18-9-7-17(8-10-18)12-19(13(20)11-22-17)16(4)5-6-16/h5-12H2,1-4H3. The number of hydrogen-bond donors (Lipinski definition) is 0. The number of rotatable bonds is 1. The van der Waals surface area contributed by atoms with Crippen LogP contribution in [-0.2, 0) is 14.3 Å². The number of morpholine rings is 1. The van der Waals surface area contributed by atoms with E-state index in [2.05, 4.69) is 6.92 Å². The minimum atomic E-state index is -0.475. The summed E-state index contributed by atoms with van der Waals surface area (Å²) in [4.78, 5) is 28.1. The van der Waals surface area contributed by atoms with Crippen LogP contribution in [0.4, 0.5) is 4.79 Å². The quantitative estimate of drug-likeness (QED) is 0.742. The molecule has 2 aliphatic heterocycles. The largest absolute Gasteiger partial charge is 0.444 e. The molecular formula is C17H28N2O4. The second kappa shape index (κ2) is 5.36. The number of likely N-dealkylation sites (tertiary alicyclic amines) is 1. The Labute approximate surface area is 138 Å². The van der Waals surface area contributed by atoms with Crippen molar-refractivity contribution in [1.29, 1.82) is 0 Å². The first-order chi connectivity index (χ1) is 10.6. The molecule has 0 aromatic heterocycles. The fourth-order valence-corrected chi connectivity index (χ4v) is 3.38. The molecule has 0 aromatic rings. The Kier molecular flexibility index (Phi) is 3.86. The zero-order valence-corrected chi connectivity index (χ0v) is 14.7. The van der Waals surface area contributed by atoms with Crippen molar-refractivity contribution in [2.45, 2.75) is 70.1 Å². The van der Waals surface area contributed by atoms with Gasteiger partial charge in [-0.3, -0.25) is 4.79 Å². The topological polar surface area (TPSA) is 59.1 Å². The maximum absolute atomic E-state index is 12.2. The van der Waals surface area contributed by atoms with Crippen molar-refractivity contribution in [3.8, 4) is 0 Å². The molecule has 1 saturated carbocycles. The molecule has 23 heavy (non-hydrogen) atoms. The van der Waals surface area contributed by atoms with E-state index in [0.29, 0.717) is 19.6 Å². The van der Waals surface area contributed by atoms with Crippen molar-refractivity contribution in [2.75, 3.05) is 26.2 Å². The summed E-state index contributed by atoms with van der Waals surface area (Å²) in [7, 11) is 0. The van der Waals surface area contributed by atoms with Crippen molar-refractivity contribution >= 4 is 12.0 Å². The molecule has 6 heteroatoms. The van der Waals surface area contributed by atoms with Crippen molar-refractivity contribution in [3.63, 3.8) is 0 Å². The number of carbonyl (C=O) groups excluding carboxylic acids is 2. The van der Waals surface area contributed by atoms with Gasteiger partial charge in [-0.2, -0.15) is 0 Å². The van der Waals surface area contributed by atoms with E-state index in [0.717, 1.165) is 25.7 Å². The van der Waals surface area contributed by atoms with Gasteiger partial charge in [0.15, 0.2) is 0 Å². The predicted octanol–water partition coefficient (Wildman–Crippen LogP) is 2.17. The number of ether oxygens (including phenoxy) is 2. The molecule has 2 heterocycles. The minimum Gasteiger partial charge on any atom is -0.444 e. The first kappa shape index (κ1) is 16.6. The molecule has 1 spiro atoms. The molecule has 3 aliphatic rings. The third-order valence-electron chi connectivity index (χ3n) is 5.20. The molecule has 0 aromatic carbocycles. The molecule has 1 aliphatic carbocycles. The van der Waals surface area contributed by atoms with Crippen LogP contribution in [0.3, 0.4) is 0 Å². The van der Waals surface area contributed by atoms with Crippen LogP contribution in [0.25, 0.3) is 0 Å². The van der Waals surface area contributed by atoms with Crippen LogP contribution in [0, 0.1) is 0 Å². The van der Waals surface area contributed by atoms with Crippen molar-refractivity contribution in [1.82, 2.24) is 9.80 Å². The molecule has 0 bridgehead atoms. The fourth-order valence-electron chi connectivity index (χ4n) is 3.38. The molecule has 3 rings (SSSR count). The van der Waals surface area contributed by atoms with Gasteiger partial charge in [-0.1, -0.05) is 0 Å². The predicted molar refractivity (Wildman–Crippen MR) is 85.1 cm³/mol. The smallest absolute Gasteiger partial charge is 0.410 e. The Morgan fingerprint density at radius 1 is 1.17 bits per heavy atom. The number of hydrogen-bond acceptors (Lipinski definition) is 4. The third-order valence-corrected chi connectivity index (χ3v) is 5.20. The lowest BCUT2D eigenvalue weighted by Gasteiger charge is -2.48. The van der Waals surface area contributed by atoms with Crippen LogP contribution in [0.5, 0.6) is 0 Å². The zero-order valence-electron chi connectivity index (χ0n) is 14.7. The second-order valence-electron chi connectivity index (χ2n) is 8.42. The second-order valence-corrected chi connectivity index (χ2v) is 8.42. The van der Waals surface area contributed by atoms with Gasteiger partial charge >= 0.3 is 6.09 Å². The van der Waals surface area contributed by atoms with Crippen LogP contribution in [0.15, 0.2) is 0 Å². The van der Waals surface area contributed by atoms with Gasteiger partial charge in [-0.15, -0.1) is 0 Å². The van der Waals surface area contributed by atoms with Gasteiger partial charge < -0.3 is 19.3 Å². The summed E-state index contributed by atoms with van der Waals surface area (Å²) < 4.78 is 11.4. The molecule has 0 N–H and O–H groups in total. The molecule has 0 radical (unpaired) electrons. The van der Waals surface area contributed by atoms with Crippen molar-refractivity contribution in [3.05, 3.63) is 0 Å². The molecule has 130 valence electrons. The highest BCUT2D eigenvalue weighted by Crippen LogP contribution is 2.44. The average molecular weight is 324 g/mol. The normalized spacial score (nSPS) is 26.3. The van der Waals surface area contributed by atoms with Gasteiger partial charge in [0.05, 0.1) is 12.1 Å². The SMILES string of the molecule is CC(C)(C)OC(=O)N1CCC2(CC1)CN(C1(C)CC1)C(=O)CO2. The summed E-state index contributed by atoms with van der Waals surface area (Å²) in [5, 5.41) is 0. The van der Waals surface area contributed by atoms with Crippen LogP contribution >= 0.6 is 0 Å². The summed E-state index contributed by atoms with van der Waals surface area (Å²) in [5.74, 6) is 0.102. The van der Waals surface area contributed by atoms with Gasteiger partial charge in [0.1, 0.15) is 12.2 Å². The maximum Gasteiger partial charge on any atom is 0.410 e. The van der Waals surface area contributed by atoms with Gasteiger partial charge in [0, 0.05) is 18.6 Å². The Balaban J connectivity index is 1.59. The summed E-state index contributed by atoms with van der Waals surface area (Å²) in [6.45, 7) is 9.84. The Bertz CT molecular complexity index is 499. The number of nitrogens with zero attached hydrogens (tertiary/aromatic N) is 2. The van der Waals surface area contributed by atoms with E-state index in [1.54, 1.807) is 4.90 Å². The Hall–Kier alpha value is -1.30. The summed E-state index contributed by atoms with van der Waals surface area (Å²) in [6.07, 6.45) is 3.42. The van der Waals surface area contributed by atoms with E-state index in [-0.39, 0.29) is 29.7 Å². The van der Waals surface area contributed by atoms with E-state index in [1.807, 2.05) is 25.7 Å². The van der Waals surface area contributed by atoms with Gasteiger partial charge in [-0.05, 0) is 53.4 Å². The highest BCUT2D eigenvalue weighted by atomic mass is 16.6. The lowest BCUT2D eigenvalue weighted by Crippen LogP contribution is -2.61. The fraction of sp³-hybridized carbons (Fsp3) is 0.882. The van der Waals surface area contributed by atoms with Crippen LogP contribution in [0.1, 0.15) is 53.4 Å². The number of piperidine rings is 1. The average Bonchev–Trinajstić information content (AvgIpc) is 3.20. The molecule has 2 amide bonds. The van der Waals surface area contributed by atoms with Crippen molar-refractivity contribution in [2.24, 2.45) is 0 Å². The molecule has 2 saturated heterocycles. The Morgan fingerprint density at radius 3 is 2.30 bits per heavy atom. The van der Waals surface area contributed by atoms with E-state index in [9.17, 15) is 9.59 Å². The van der Waals surface area contributed by atoms with Gasteiger partial charge in [-0.25, -0.2) is 4.79 Å². The van der Waals surface area contributed by atoms with Gasteiger partial charge in [0.2, 0.25) is 5.91 Å². The third kappa shape index (κ3) is 3.47. The zero-order chi connectivity index (χ0) is 16.9. The minimum absolute atomic E-state index is 0.0379. The summed E-state index contributed by atoms with van der Waals surface area (Å²) >= 11 is 0. The lowest BCUT2D eigenvalue weighted by molar-refractivity contribution is -0.176. The summed E-state index contributed by atoms with van der Waals surface area (Å²) in [6, 6.07) is 0. The monoisotopic (exact) mass is 324 g/mol. The molecule has 6 nitrogen and oxygen atoms in total. The number of carbonyl (C=O) groups is 2. The van der Waals surface area contributed by atoms with Crippen LogP contribution in [-0.4, -0.2) is 64.8 Å². The van der Waals surface area contributed by atoms with Crippen LogP contribution < -0.4 is 0 Å². The van der Waals surface area contributed by atoms with E-state index in [4.69, 9.17) is 9.47 Å². The number of amides is 2. The molecular weight excluding hydrogens is 296 g/mol. The van der Waals surface area contributed by atoms with Crippen LogP contribution in [0.2, 0.25) is 0 Å². The Morgan fingerprint density at radius 2 is 1.78 bits per heavy atom. The van der Waals surface area contributed by atoms with E-state index >= 15 is 0 Å². The maximum atomic E-state index is 12.2. The van der Waals surface area contributed by atoms with Crippen molar-refractivity contribution < 1.29 is 19.1 Å². The molecule has 0 atom stereocenters.